The summed E-state index contributed by atoms with van der Waals surface area (Å²) in [5, 5.41) is 36.7. The molecule has 0 bridgehead atoms. The molecule has 7 nitrogen and oxygen atoms in total. The van der Waals surface area contributed by atoms with E-state index in [0.29, 0.717) is 0 Å². The fraction of sp³-hybridized carbons (Fsp3) is 0.900. The fourth-order valence-corrected chi connectivity index (χ4v) is 1.35. The summed E-state index contributed by atoms with van der Waals surface area (Å²) in [6, 6.07) is 0. The van der Waals surface area contributed by atoms with Gasteiger partial charge in [-0.25, -0.2) is 4.79 Å². The molecule has 0 aromatic heterocycles. The van der Waals surface area contributed by atoms with Gasteiger partial charge in [-0.15, -0.1) is 0 Å². The summed E-state index contributed by atoms with van der Waals surface area (Å²) in [6.07, 6.45) is -7.57. The van der Waals surface area contributed by atoms with Gasteiger partial charge in [0.2, 0.25) is 0 Å². The number of aliphatic hydroxyl groups excluding tert-OH is 3. The van der Waals surface area contributed by atoms with E-state index < -0.39 is 36.7 Å². The molecule has 0 radical (unpaired) electrons. The van der Waals surface area contributed by atoms with Crippen molar-refractivity contribution in [2.75, 3.05) is 6.61 Å². The van der Waals surface area contributed by atoms with E-state index in [0.717, 1.165) is 0 Å². The molecule has 0 spiro atoms. The molecule has 0 saturated carbocycles. The molecule has 4 N–H and O–H groups in total. The number of carboxylic acids is 1. The molecule has 1 rings (SSSR count). The van der Waals surface area contributed by atoms with Gasteiger partial charge in [0.25, 0.3) is 0 Å². The number of carboxylic acid groups (broad SMARTS) is 1. The Bertz CT molecular complexity index is 233. The van der Waals surface area contributed by atoms with Crippen molar-refractivity contribution >= 4 is 5.97 Å². The van der Waals surface area contributed by atoms with Crippen LogP contribution in [0, 0.1) is 0 Å². The van der Waals surface area contributed by atoms with Crippen molar-refractivity contribution in [3.05, 3.63) is 0 Å². The van der Waals surface area contributed by atoms with Crippen LogP contribution >= 0.6 is 0 Å². The Morgan fingerprint density at radius 1 is 1.18 bits per heavy atom. The summed E-state index contributed by atoms with van der Waals surface area (Å²) in [5.74, 6) is -1.42. The number of ether oxygens (including phenoxy) is 2. The number of hydrogen-bond donors (Lipinski definition) is 4. The Hall–Kier alpha value is -0.730. The van der Waals surface area contributed by atoms with E-state index in [4.69, 9.17) is 14.6 Å². The van der Waals surface area contributed by atoms with Crippen LogP contribution in [0.4, 0.5) is 0 Å². The van der Waals surface area contributed by atoms with Gasteiger partial charge >= 0.3 is 5.97 Å². The zero-order chi connectivity index (χ0) is 13.6. The molecule has 0 amide bonds. The minimum absolute atomic E-state index is 0.191. The van der Waals surface area contributed by atoms with Gasteiger partial charge in [-0.1, -0.05) is 13.8 Å². The maximum absolute atomic E-state index is 10.6. The Morgan fingerprint density at radius 2 is 1.71 bits per heavy atom. The third-order valence-electron chi connectivity index (χ3n) is 2.14. The van der Waals surface area contributed by atoms with Crippen LogP contribution in [0.1, 0.15) is 20.8 Å². The van der Waals surface area contributed by atoms with Gasteiger partial charge < -0.3 is 29.9 Å². The van der Waals surface area contributed by atoms with E-state index in [-0.39, 0.29) is 6.61 Å². The average Bonchev–Trinajstić information content (AvgIpc) is 2.32. The van der Waals surface area contributed by atoms with Crippen molar-refractivity contribution < 1.29 is 34.7 Å². The lowest BCUT2D eigenvalue weighted by Crippen LogP contribution is -2.60. The highest BCUT2D eigenvalue weighted by Crippen LogP contribution is 2.22. The van der Waals surface area contributed by atoms with Crippen LogP contribution in [0.5, 0.6) is 0 Å². The van der Waals surface area contributed by atoms with Crippen LogP contribution in [0.3, 0.4) is 0 Å². The molecule has 5 unspecified atom stereocenters. The Kier molecular flexibility index (Phi) is 7.24. The van der Waals surface area contributed by atoms with Crippen molar-refractivity contribution in [3.8, 4) is 0 Å². The largest absolute Gasteiger partial charge is 0.479 e. The van der Waals surface area contributed by atoms with Gasteiger partial charge in [0.05, 0.1) is 0 Å². The number of rotatable bonds is 3. The summed E-state index contributed by atoms with van der Waals surface area (Å²) in [7, 11) is 0. The molecule has 0 aliphatic carbocycles. The second kappa shape index (κ2) is 7.57. The number of aliphatic carboxylic acids is 1. The van der Waals surface area contributed by atoms with Crippen LogP contribution in [-0.4, -0.2) is 63.7 Å². The first-order valence-corrected chi connectivity index (χ1v) is 5.53. The van der Waals surface area contributed by atoms with E-state index in [9.17, 15) is 20.1 Å². The molecule has 1 saturated heterocycles. The smallest absolute Gasteiger partial charge is 0.335 e. The van der Waals surface area contributed by atoms with Gasteiger partial charge in [-0.2, -0.15) is 0 Å². The van der Waals surface area contributed by atoms with Gasteiger partial charge in [0, 0.05) is 6.61 Å². The van der Waals surface area contributed by atoms with Crippen molar-refractivity contribution in [3.63, 3.8) is 0 Å². The van der Waals surface area contributed by atoms with Crippen LogP contribution in [0.15, 0.2) is 0 Å². The normalized spacial score (nSPS) is 36.9. The van der Waals surface area contributed by atoms with Gasteiger partial charge in [-0.3, -0.25) is 0 Å². The van der Waals surface area contributed by atoms with E-state index >= 15 is 0 Å². The van der Waals surface area contributed by atoms with Crippen molar-refractivity contribution in [2.45, 2.75) is 51.5 Å². The predicted molar refractivity (Wildman–Crippen MR) is 57.3 cm³/mol. The second-order valence-corrected chi connectivity index (χ2v) is 3.19. The van der Waals surface area contributed by atoms with E-state index in [1.54, 1.807) is 6.92 Å². The maximum Gasteiger partial charge on any atom is 0.335 e. The highest BCUT2D eigenvalue weighted by Gasteiger charge is 2.47. The monoisotopic (exact) mass is 252 g/mol. The first-order chi connectivity index (χ1) is 7.99. The standard InChI is InChI=1S/C8H14O7.C2H6/c1-2-14-8-5(11)3(9)4(10)6(15-8)7(12)13;1-2/h3-6,8-11H,2H2,1H3,(H,12,13);1-2H3. The second-order valence-electron chi connectivity index (χ2n) is 3.19. The van der Waals surface area contributed by atoms with Gasteiger partial charge in [0.15, 0.2) is 12.4 Å². The highest BCUT2D eigenvalue weighted by molar-refractivity contribution is 5.73. The van der Waals surface area contributed by atoms with Crippen LogP contribution in [-0.2, 0) is 14.3 Å². The molecule has 17 heavy (non-hydrogen) atoms. The van der Waals surface area contributed by atoms with E-state index in [2.05, 4.69) is 0 Å². The molecular weight excluding hydrogens is 232 g/mol. The molecule has 102 valence electrons. The summed E-state index contributed by atoms with van der Waals surface area (Å²) in [6.45, 7) is 5.82. The number of hydrogen-bond acceptors (Lipinski definition) is 6. The molecule has 1 fully saturated rings. The molecule has 1 aliphatic rings. The van der Waals surface area contributed by atoms with E-state index in [1.807, 2.05) is 13.8 Å². The molecular formula is C10H20O7. The molecule has 7 heteroatoms. The highest BCUT2D eigenvalue weighted by atomic mass is 16.7. The zero-order valence-electron chi connectivity index (χ0n) is 10.1. The number of carbonyl (C=O) groups is 1. The third kappa shape index (κ3) is 3.90. The quantitative estimate of drug-likeness (QED) is 0.506. The van der Waals surface area contributed by atoms with Crippen LogP contribution in [0.2, 0.25) is 0 Å². The number of aliphatic hydroxyl groups is 3. The average molecular weight is 252 g/mol. The SMILES string of the molecule is CC.CCOC1OC(C(=O)O)C(O)C(O)C1O. The van der Waals surface area contributed by atoms with E-state index in [1.165, 1.54) is 0 Å². The molecule has 1 aliphatic heterocycles. The van der Waals surface area contributed by atoms with Crippen molar-refractivity contribution in [1.29, 1.82) is 0 Å². The predicted octanol–water partition coefficient (Wildman–Crippen LogP) is -1.06. The minimum Gasteiger partial charge on any atom is -0.479 e. The Balaban J connectivity index is 0.00000121. The summed E-state index contributed by atoms with van der Waals surface area (Å²) in [4.78, 5) is 10.6. The molecule has 1 heterocycles. The summed E-state index contributed by atoms with van der Waals surface area (Å²) in [5.41, 5.74) is 0. The molecule has 5 atom stereocenters. The summed E-state index contributed by atoms with van der Waals surface area (Å²) >= 11 is 0. The third-order valence-corrected chi connectivity index (χ3v) is 2.14. The minimum atomic E-state index is -1.67. The Labute approximate surface area is 99.6 Å². The van der Waals surface area contributed by atoms with Crippen LogP contribution < -0.4 is 0 Å². The molecule has 0 aromatic rings. The molecule has 0 aromatic carbocycles. The maximum atomic E-state index is 10.6. The van der Waals surface area contributed by atoms with Crippen LogP contribution in [0.25, 0.3) is 0 Å². The first kappa shape index (κ1) is 16.3. The zero-order valence-corrected chi connectivity index (χ0v) is 10.1. The lowest BCUT2D eigenvalue weighted by Gasteiger charge is -2.38. The summed E-state index contributed by atoms with van der Waals surface area (Å²) < 4.78 is 9.69. The van der Waals surface area contributed by atoms with Crippen molar-refractivity contribution in [1.82, 2.24) is 0 Å². The van der Waals surface area contributed by atoms with Crippen molar-refractivity contribution in [2.24, 2.45) is 0 Å². The Morgan fingerprint density at radius 3 is 2.12 bits per heavy atom. The lowest BCUT2D eigenvalue weighted by atomic mass is 9.99. The first-order valence-electron chi connectivity index (χ1n) is 5.53. The fourth-order valence-electron chi connectivity index (χ4n) is 1.35. The topological polar surface area (TPSA) is 116 Å². The van der Waals surface area contributed by atoms with Gasteiger partial charge in [0.1, 0.15) is 18.3 Å². The van der Waals surface area contributed by atoms with Gasteiger partial charge in [-0.05, 0) is 6.92 Å². The lowest BCUT2D eigenvalue weighted by molar-refractivity contribution is -0.292.